The van der Waals surface area contributed by atoms with Gasteiger partial charge in [-0.25, -0.2) is 23.4 Å². The van der Waals surface area contributed by atoms with E-state index in [-0.39, 0.29) is 0 Å². The van der Waals surface area contributed by atoms with E-state index in [4.69, 9.17) is 0 Å². The molecule has 8 nitrogen and oxygen atoms in total. The first-order valence-corrected chi connectivity index (χ1v) is 10.9. The van der Waals surface area contributed by atoms with Crippen LogP contribution in [0.3, 0.4) is 0 Å². The topological polar surface area (TPSA) is 84.2 Å². The fourth-order valence-corrected chi connectivity index (χ4v) is 5.24. The largest absolute Gasteiger partial charge is 0.354 e. The molecule has 9 heteroatoms. The molecule has 0 unspecified atom stereocenters. The molecule has 1 aliphatic heterocycles. The van der Waals surface area contributed by atoms with Gasteiger partial charge in [0.05, 0.1) is 4.90 Å². The molecule has 0 spiro atoms. The minimum Gasteiger partial charge on any atom is -0.354 e. The van der Waals surface area contributed by atoms with Crippen molar-refractivity contribution < 1.29 is 8.42 Å². The van der Waals surface area contributed by atoms with Gasteiger partial charge in [0.1, 0.15) is 23.8 Å². The number of sulfonamides is 1. The average Bonchev–Trinajstić information content (AvgIpc) is 3.22. The number of aryl methyl sites for hydroxylation is 3. The quantitative estimate of drug-likeness (QED) is 0.653. The third kappa shape index (κ3) is 3.88. The van der Waals surface area contributed by atoms with Gasteiger partial charge in [-0.05, 0) is 32.4 Å². The van der Waals surface area contributed by atoms with Crippen molar-refractivity contribution in [3.8, 4) is 5.82 Å². The molecule has 0 saturated carbocycles. The minimum atomic E-state index is -3.51. The molecular weight excluding hydrogens is 388 g/mol. The normalized spacial score (nSPS) is 15.6. The molecule has 3 heterocycles. The molecule has 1 saturated heterocycles. The molecule has 2 aromatic heterocycles. The van der Waals surface area contributed by atoms with Gasteiger partial charge >= 0.3 is 0 Å². The van der Waals surface area contributed by atoms with Crippen LogP contribution in [0.15, 0.2) is 47.9 Å². The van der Waals surface area contributed by atoms with Gasteiger partial charge in [0.2, 0.25) is 10.0 Å². The van der Waals surface area contributed by atoms with Crippen LogP contribution in [-0.4, -0.2) is 58.4 Å². The van der Waals surface area contributed by atoms with Crippen molar-refractivity contribution in [2.75, 3.05) is 31.1 Å². The van der Waals surface area contributed by atoms with E-state index in [9.17, 15) is 8.42 Å². The summed E-state index contributed by atoms with van der Waals surface area (Å²) in [6, 6.07) is 7.36. The van der Waals surface area contributed by atoms with E-state index in [1.165, 1.54) is 0 Å². The number of imidazole rings is 1. The second kappa shape index (κ2) is 7.57. The maximum absolute atomic E-state index is 13.1. The van der Waals surface area contributed by atoms with Crippen LogP contribution in [-0.2, 0) is 10.0 Å². The summed E-state index contributed by atoms with van der Waals surface area (Å²) in [5.41, 5.74) is 1.84. The van der Waals surface area contributed by atoms with Crippen LogP contribution < -0.4 is 4.90 Å². The Labute approximate surface area is 170 Å². The first kappa shape index (κ1) is 19.5. The highest BCUT2D eigenvalue weighted by Crippen LogP contribution is 2.24. The molecule has 0 N–H and O–H groups in total. The zero-order valence-corrected chi connectivity index (χ0v) is 17.6. The zero-order chi connectivity index (χ0) is 20.6. The molecule has 1 aromatic carbocycles. The Hall–Kier alpha value is -2.78. The monoisotopic (exact) mass is 412 g/mol. The van der Waals surface area contributed by atoms with Crippen molar-refractivity contribution in [1.82, 2.24) is 23.8 Å². The van der Waals surface area contributed by atoms with Crippen LogP contribution in [0.1, 0.15) is 17.0 Å². The summed E-state index contributed by atoms with van der Waals surface area (Å²) in [6.45, 7) is 7.64. The summed E-state index contributed by atoms with van der Waals surface area (Å²) in [5.74, 6) is 2.21. The van der Waals surface area contributed by atoms with E-state index in [0.717, 1.165) is 22.8 Å². The Morgan fingerprint density at radius 2 is 1.66 bits per heavy atom. The summed E-state index contributed by atoms with van der Waals surface area (Å²) >= 11 is 0. The molecule has 29 heavy (non-hydrogen) atoms. The lowest BCUT2D eigenvalue weighted by atomic mass is 10.2. The molecular formula is C20H24N6O2S. The van der Waals surface area contributed by atoms with Crippen LogP contribution in [0.5, 0.6) is 0 Å². The van der Waals surface area contributed by atoms with Gasteiger partial charge < -0.3 is 4.90 Å². The highest BCUT2D eigenvalue weighted by molar-refractivity contribution is 7.89. The molecule has 0 atom stereocenters. The molecule has 1 fully saturated rings. The van der Waals surface area contributed by atoms with Crippen LogP contribution in [0.4, 0.5) is 5.82 Å². The van der Waals surface area contributed by atoms with Gasteiger partial charge in [-0.15, -0.1) is 0 Å². The second-order valence-electron chi connectivity index (χ2n) is 7.26. The third-order valence-electron chi connectivity index (χ3n) is 5.09. The van der Waals surface area contributed by atoms with Gasteiger partial charge in [-0.1, -0.05) is 17.7 Å². The number of rotatable bonds is 4. The standard InChI is InChI=1S/C20H24N6O2S/c1-15-4-5-18(16(2)12-15)29(27,28)26-10-8-24(9-11-26)19-13-20(23-17(3)22-19)25-7-6-21-14-25/h4-7,12-14H,8-11H2,1-3H3. The lowest BCUT2D eigenvalue weighted by Gasteiger charge is -2.35. The Balaban J connectivity index is 1.53. The maximum Gasteiger partial charge on any atom is 0.243 e. The van der Waals surface area contributed by atoms with Gasteiger partial charge in [-0.2, -0.15) is 4.31 Å². The molecule has 0 aliphatic carbocycles. The van der Waals surface area contributed by atoms with E-state index in [1.54, 1.807) is 22.9 Å². The van der Waals surface area contributed by atoms with E-state index in [0.29, 0.717) is 36.9 Å². The number of piperazine rings is 1. The van der Waals surface area contributed by atoms with Gasteiger partial charge in [0, 0.05) is 44.6 Å². The first-order chi connectivity index (χ1) is 13.8. The molecule has 0 radical (unpaired) electrons. The number of hydrogen-bond donors (Lipinski definition) is 0. The molecule has 0 amide bonds. The average molecular weight is 413 g/mol. The predicted octanol–water partition coefficient (Wildman–Crippen LogP) is 2.10. The summed E-state index contributed by atoms with van der Waals surface area (Å²) < 4.78 is 29.6. The van der Waals surface area contributed by atoms with E-state index in [2.05, 4.69) is 19.9 Å². The number of hydrogen-bond acceptors (Lipinski definition) is 6. The number of aromatic nitrogens is 4. The van der Waals surface area contributed by atoms with Gasteiger partial charge in [0.15, 0.2) is 0 Å². The lowest BCUT2D eigenvalue weighted by molar-refractivity contribution is 0.383. The first-order valence-electron chi connectivity index (χ1n) is 9.51. The number of benzene rings is 1. The summed E-state index contributed by atoms with van der Waals surface area (Å²) in [6.07, 6.45) is 5.23. The molecule has 4 rings (SSSR count). The summed E-state index contributed by atoms with van der Waals surface area (Å²) in [4.78, 5) is 15.6. The van der Waals surface area contributed by atoms with Gasteiger partial charge in [-0.3, -0.25) is 4.57 Å². The molecule has 0 bridgehead atoms. The van der Waals surface area contributed by atoms with Crippen molar-refractivity contribution in [3.05, 3.63) is 59.9 Å². The molecule has 3 aromatic rings. The molecule has 152 valence electrons. The van der Waals surface area contributed by atoms with Crippen LogP contribution in [0.25, 0.3) is 5.82 Å². The minimum absolute atomic E-state index is 0.386. The van der Waals surface area contributed by atoms with Crippen molar-refractivity contribution in [2.24, 2.45) is 0 Å². The smallest absolute Gasteiger partial charge is 0.243 e. The molecule has 1 aliphatic rings. The van der Waals surface area contributed by atoms with E-state index >= 15 is 0 Å². The van der Waals surface area contributed by atoms with Crippen molar-refractivity contribution in [3.63, 3.8) is 0 Å². The fraction of sp³-hybridized carbons (Fsp3) is 0.350. The van der Waals surface area contributed by atoms with Crippen LogP contribution in [0.2, 0.25) is 0 Å². The number of nitrogens with zero attached hydrogens (tertiary/aromatic N) is 6. The Morgan fingerprint density at radius 1 is 0.931 bits per heavy atom. The maximum atomic E-state index is 13.1. The highest BCUT2D eigenvalue weighted by Gasteiger charge is 2.30. The Kier molecular flexibility index (Phi) is 5.10. The van der Waals surface area contributed by atoms with Crippen LogP contribution in [0, 0.1) is 20.8 Å². The second-order valence-corrected chi connectivity index (χ2v) is 9.17. The lowest BCUT2D eigenvalue weighted by Crippen LogP contribution is -2.49. The van der Waals surface area contributed by atoms with Crippen LogP contribution >= 0.6 is 0 Å². The van der Waals surface area contributed by atoms with Crippen molar-refractivity contribution in [2.45, 2.75) is 25.7 Å². The predicted molar refractivity (Wildman–Crippen MR) is 111 cm³/mol. The Bertz CT molecular complexity index is 1120. The SMILES string of the molecule is Cc1ccc(S(=O)(=O)N2CCN(c3cc(-n4ccnc4)nc(C)n3)CC2)c(C)c1. The Morgan fingerprint density at radius 3 is 2.31 bits per heavy atom. The third-order valence-corrected chi connectivity index (χ3v) is 7.15. The summed E-state index contributed by atoms with van der Waals surface area (Å²) in [5, 5.41) is 0. The zero-order valence-electron chi connectivity index (χ0n) is 16.8. The highest BCUT2D eigenvalue weighted by atomic mass is 32.2. The number of anilines is 1. The van der Waals surface area contributed by atoms with Gasteiger partial charge in [0.25, 0.3) is 0 Å². The summed E-state index contributed by atoms with van der Waals surface area (Å²) in [7, 11) is -3.51. The van der Waals surface area contributed by atoms with E-state index < -0.39 is 10.0 Å². The fourth-order valence-electron chi connectivity index (χ4n) is 3.61. The van der Waals surface area contributed by atoms with Crippen molar-refractivity contribution >= 4 is 15.8 Å². The van der Waals surface area contributed by atoms with E-state index in [1.807, 2.05) is 49.7 Å². The van der Waals surface area contributed by atoms with Crippen molar-refractivity contribution in [1.29, 1.82) is 0 Å².